The van der Waals surface area contributed by atoms with Crippen molar-refractivity contribution < 1.29 is 9.84 Å². The van der Waals surface area contributed by atoms with Crippen molar-refractivity contribution in [1.29, 1.82) is 0 Å². The van der Waals surface area contributed by atoms with Crippen LogP contribution in [0.1, 0.15) is 0 Å². The third-order valence-corrected chi connectivity index (χ3v) is 4.20. The molecular formula is C16H18ClN5O4. The van der Waals surface area contributed by atoms with Gasteiger partial charge in [-0.2, -0.15) is 4.98 Å². The highest BCUT2D eigenvalue weighted by Crippen LogP contribution is 2.23. The van der Waals surface area contributed by atoms with Crippen LogP contribution >= 0.6 is 11.6 Å². The average Bonchev–Trinajstić information content (AvgIpc) is 2.98. The quantitative estimate of drug-likeness (QED) is 0.576. The van der Waals surface area contributed by atoms with Crippen molar-refractivity contribution in [2.75, 3.05) is 19.0 Å². The molecule has 0 radical (unpaired) electrons. The number of aryl methyl sites for hydroxylation is 1. The fraction of sp³-hybridized carbons (Fsp3) is 0.312. The number of aromatic amines is 1. The number of ether oxygens (including phenoxy) is 1. The second kappa shape index (κ2) is 7.22. The van der Waals surface area contributed by atoms with Gasteiger partial charge in [-0.05, 0) is 12.1 Å². The lowest BCUT2D eigenvalue weighted by molar-refractivity contribution is 0.0939. The van der Waals surface area contributed by atoms with Crippen LogP contribution < -0.4 is 21.3 Å². The lowest BCUT2D eigenvalue weighted by Gasteiger charge is -2.15. The van der Waals surface area contributed by atoms with E-state index in [2.05, 4.69) is 15.3 Å². The molecule has 26 heavy (non-hydrogen) atoms. The fourth-order valence-corrected chi connectivity index (χ4v) is 2.80. The van der Waals surface area contributed by atoms with Gasteiger partial charge in [-0.1, -0.05) is 23.7 Å². The molecular weight excluding hydrogens is 362 g/mol. The minimum Gasteiger partial charge on any atom is -0.489 e. The number of imidazole rings is 1. The van der Waals surface area contributed by atoms with E-state index < -0.39 is 17.4 Å². The predicted octanol–water partition coefficient (Wildman–Crippen LogP) is 0.558. The summed E-state index contributed by atoms with van der Waals surface area (Å²) in [5, 5.41) is 13.6. The van der Waals surface area contributed by atoms with Crippen molar-refractivity contribution in [3.63, 3.8) is 0 Å². The summed E-state index contributed by atoms with van der Waals surface area (Å²) in [5.41, 5.74) is -0.718. The first kappa shape index (κ1) is 18.0. The molecule has 10 heteroatoms. The molecule has 2 aromatic heterocycles. The number of aliphatic hydroxyl groups is 1. The molecule has 0 amide bonds. The van der Waals surface area contributed by atoms with Gasteiger partial charge in [0.1, 0.15) is 18.5 Å². The molecule has 3 N–H and O–H groups in total. The van der Waals surface area contributed by atoms with E-state index in [0.717, 1.165) is 0 Å². The zero-order valence-corrected chi connectivity index (χ0v) is 14.9. The van der Waals surface area contributed by atoms with Crippen LogP contribution in [0.3, 0.4) is 0 Å². The Morgan fingerprint density at radius 2 is 2.12 bits per heavy atom. The van der Waals surface area contributed by atoms with Crippen LogP contribution in [-0.2, 0) is 13.6 Å². The number of halogens is 1. The second-order valence-electron chi connectivity index (χ2n) is 5.68. The molecule has 3 rings (SSSR count). The monoisotopic (exact) mass is 379 g/mol. The molecule has 1 aromatic carbocycles. The van der Waals surface area contributed by atoms with Crippen LogP contribution in [0.4, 0.5) is 5.95 Å². The highest BCUT2D eigenvalue weighted by atomic mass is 35.5. The van der Waals surface area contributed by atoms with E-state index in [9.17, 15) is 14.7 Å². The van der Waals surface area contributed by atoms with Gasteiger partial charge in [-0.25, -0.2) is 4.79 Å². The van der Waals surface area contributed by atoms with Gasteiger partial charge in [0, 0.05) is 14.1 Å². The van der Waals surface area contributed by atoms with Gasteiger partial charge in [0.2, 0.25) is 5.95 Å². The number of hydrogen-bond donors (Lipinski definition) is 3. The van der Waals surface area contributed by atoms with Gasteiger partial charge in [0.05, 0.1) is 11.6 Å². The summed E-state index contributed by atoms with van der Waals surface area (Å²) in [5.74, 6) is 0.807. The molecule has 0 bridgehead atoms. The molecule has 138 valence electrons. The average molecular weight is 380 g/mol. The van der Waals surface area contributed by atoms with Crippen LogP contribution in [0.15, 0.2) is 33.9 Å². The number of nitrogens with zero attached hydrogens (tertiary/aromatic N) is 3. The van der Waals surface area contributed by atoms with E-state index in [4.69, 9.17) is 16.3 Å². The van der Waals surface area contributed by atoms with Crippen molar-refractivity contribution in [3.8, 4) is 5.75 Å². The molecule has 0 aliphatic rings. The summed E-state index contributed by atoms with van der Waals surface area (Å²) in [6, 6.07) is 6.93. The van der Waals surface area contributed by atoms with E-state index in [1.165, 1.54) is 16.2 Å². The van der Waals surface area contributed by atoms with E-state index in [0.29, 0.717) is 16.7 Å². The van der Waals surface area contributed by atoms with Gasteiger partial charge in [-0.3, -0.25) is 14.3 Å². The molecule has 9 nitrogen and oxygen atoms in total. The Labute approximate surface area is 152 Å². The second-order valence-corrected chi connectivity index (χ2v) is 6.09. The van der Waals surface area contributed by atoms with Gasteiger partial charge >= 0.3 is 5.69 Å². The maximum atomic E-state index is 12.2. The van der Waals surface area contributed by atoms with Crippen LogP contribution in [0, 0.1) is 0 Å². The highest BCUT2D eigenvalue weighted by molar-refractivity contribution is 6.32. The first-order chi connectivity index (χ1) is 12.4. The molecule has 0 fully saturated rings. The summed E-state index contributed by atoms with van der Waals surface area (Å²) >= 11 is 6.02. The number of H-pyrrole nitrogens is 1. The van der Waals surface area contributed by atoms with Crippen molar-refractivity contribution in [1.82, 2.24) is 19.1 Å². The number of benzene rings is 1. The molecule has 0 aliphatic heterocycles. The molecule has 1 atom stereocenters. The summed E-state index contributed by atoms with van der Waals surface area (Å²) in [6.45, 7) is 0.00857. The smallest absolute Gasteiger partial charge is 0.329 e. The topological polar surface area (TPSA) is 114 Å². The van der Waals surface area contributed by atoms with Crippen LogP contribution in [0.5, 0.6) is 5.75 Å². The summed E-state index contributed by atoms with van der Waals surface area (Å²) < 4.78 is 8.27. The van der Waals surface area contributed by atoms with Gasteiger partial charge in [-0.15, -0.1) is 0 Å². The van der Waals surface area contributed by atoms with Crippen LogP contribution in [-0.4, -0.2) is 44.0 Å². The zero-order valence-electron chi connectivity index (χ0n) is 14.2. The summed E-state index contributed by atoms with van der Waals surface area (Å²) in [4.78, 5) is 30.4. The summed E-state index contributed by atoms with van der Waals surface area (Å²) in [7, 11) is 3.14. The Hall–Kier alpha value is -2.78. The number of nitrogens with one attached hydrogen (secondary N) is 2. The van der Waals surface area contributed by atoms with E-state index in [-0.39, 0.29) is 24.3 Å². The maximum Gasteiger partial charge on any atom is 0.329 e. The lowest BCUT2D eigenvalue weighted by atomic mass is 10.3. The number of aliphatic hydroxyl groups excluding tert-OH is 1. The van der Waals surface area contributed by atoms with Crippen molar-refractivity contribution in [2.24, 2.45) is 7.05 Å². The number of fused-ring (bicyclic) bond motifs is 1. The molecule has 0 saturated heterocycles. The number of rotatable bonds is 6. The van der Waals surface area contributed by atoms with E-state index >= 15 is 0 Å². The number of aromatic nitrogens is 4. The van der Waals surface area contributed by atoms with Crippen molar-refractivity contribution >= 4 is 28.7 Å². The van der Waals surface area contributed by atoms with Gasteiger partial charge in [0.15, 0.2) is 11.2 Å². The maximum absolute atomic E-state index is 12.2. The first-order valence-corrected chi connectivity index (χ1v) is 8.23. The Kier molecular flexibility index (Phi) is 5.01. The lowest BCUT2D eigenvalue weighted by Crippen LogP contribution is -2.30. The summed E-state index contributed by atoms with van der Waals surface area (Å²) in [6.07, 6.45) is -0.938. The number of para-hydroxylation sites is 1. The molecule has 0 aliphatic carbocycles. The van der Waals surface area contributed by atoms with Gasteiger partial charge < -0.3 is 19.7 Å². The normalized spacial score (nSPS) is 12.3. The molecule has 3 aromatic rings. The standard InChI is InChI=1S/C16H18ClN5O4/c1-18-15-19-13-12(14(24)20-16(25)21(13)2)22(15)7-9(23)8-26-11-6-4-3-5-10(11)17/h3-6,9,23H,7-8H2,1-2H3,(H,18,19)(H,20,24,25). The Morgan fingerprint density at radius 1 is 1.38 bits per heavy atom. The Morgan fingerprint density at radius 3 is 2.81 bits per heavy atom. The van der Waals surface area contributed by atoms with E-state index in [1.807, 2.05) is 0 Å². The Bertz CT molecular complexity index is 1050. The zero-order chi connectivity index (χ0) is 18.8. The molecule has 0 spiro atoms. The van der Waals surface area contributed by atoms with Crippen LogP contribution in [0.25, 0.3) is 11.2 Å². The third-order valence-electron chi connectivity index (χ3n) is 3.89. The number of anilines is 1. The number of hydrogen-bond acceptors (Lipinski definition) is 6. The highest BCUT2D eigenvalue weighted by Gasteiger charge is 2.19. The van der Waals surface area contributed by atoms with Gasteiger partial charge in [0.25, 0.3) is 5.56 Å². The molecule has 0 saturated carbocycles. The molecule has 1 unspecified atom stereocenters. The minimum atomic E-state index is -0.938. The minimum absolute atomic E-state index is 0.0315. The fourth-order valence-electron chi connectivity index (χ4n) is 2.61. The third kappa shape index (κ3) is 3.31. The first-order valence-electron chi connectivity index (χ1n) is 7.85. The predicted molar refractivity (Wildman–Crippen MR) is 98.1 cm³/mol. The van der Waals surface area contributed by atoms with Crippen molar-refractivity contribution in [2.45, 2.75) is 12.6 Å². The van der Waals surface area contributed by atoms with Crippen LogP contribution in [0.2, 0.25) is 5.02 Å². The SMILES string of the molecule is CNc1nc2c(c(=O)[nH]c(=O)n2C)n1CC(O)COc1ccccc1Cl. The Balaban J connectivity index is 1.88. The largest absolute Gasteiger partial charge is 0.489 e. The molecule has 2 heterocycles. The van der Waals surface area contributed by atoms with E-state index in [1.54, 1.807) is 31.3 Å². The van der Waals surface area contributed by atoms with Crippen molar-refractivity contribution in [3.05, 3.63) is 50.1 Å².